The van der Waals surface area contributed by atoms with Crippen LogP contribution in [0.5, 0.6) is 5.75 Å². The number of rotatable bonds is 13. The van der Waals surface area contributed by atoms with Crippen LogP contribution in [0.15, 0.2) is 60.8 Å². The summed E-state index contributed by atoms with van der Waals surface area (Å²) in [6.07, 6.45) is 6.62. The third kappa shape index (κ3) is 9.24. The molecule has 1 aromatic heterocycles. The number of aliphatic hydroxyl groups is 2. The van der Waals surface area contributed by atoms with E-state index < -0.39 is 34.4 Å². The Labute approximate surface area is 246 Å². The van der Waals surface area contributed by atoms with E-state index in [4.69, 9.17) is 21.4 Å². The molecule has 0 radical (unpaired) electrons. The van der Waals surface area contributed by atoms with Crippen molar-refractivity contribution in [3.63, 3.8) is 0 Å². The minimum atomic E-state index is -3.96. The van der Waals surface area contributed by atoms with Crippen molar-refractivity contribution in [3.8, 4) is 16.9 Å². The molecule has 3 aromatic rings. The van der Waals surface area contributed by atoms with Gasteiger partial charge in [-0.3, -0.25) is 4.79 Å². The lowest BCUT2D eigenvalue weighted by atomic mass is 9.97. The van der Waals surface area contributed by atoms with Gasteiger partial charge in [-0.2, -0.15) is 0 Å². The molecular formula is C30H36ClN3O6S. The van der Waals surface area contributed by atoms with E-state index in [-0.39, 0.29) is 11.7 Å². The van der Waals surface area contributed by atoms with Gasteiger partial charge in [-0.05, 0) is 73.5 Å². The van der Waals surface area contributed by atoms with Crippen molar-refractivity contribution in [1.29, 1.82) is 0 Å². The molecule has 1 saturated carbocycles. The maximum Gasteiger partial charge on any atom is 0.268 e. The van der Waals surface area contributed by atoms with Gasteiger partial charge in [0.2, 0.25) is 10.0 Å². The number of aliphatic hydroxyl groups excluding tert-OH is 2. The van der Waals surface area contributed by atoms with Gasteiger partial charge in [0.25, 0.3) is 5.91 Å². The molecule has 9 nitrogen and oxygen atoms in total. The molecule has 1 amide bonds. The molecule has 1 aliphatic carbocycles. The number of carbonyl (C=O) groups is 1. The topological polar surface area (TPSA) is 138 Å². The van der Waals surface area contributed by atoms with Gasteiger partial charge in [0.1, 0.15) is 10.9 Å². The van der Waals surface area contributed by atoms with E-state index in [9.17, 15) is 18.3 Å². The molecule has 220 valence electrons. The smallest absolute Gasteiger partial charge is 0.268 e. The average Bonchev–Trinajstić information content (AvgIpc) is 2.96. The summed E-state index contributed by atoms with van der Waals surface area (Å²) in [4.78, 5) is 16.9. The Bertz CT molecular complexity index is 1390. The van der Waals surface area contributed by atoms with Crippen molar-refractivity contribution in [1.82, 2.24) is 15.0 Å². The number of halogens is 1. The van der Waals surface area contributed by atoms with E-state index in [2.05, 4.69) is 10.3 Å². The summed E-state index contributed by atoms with van der Waals surface area (Å²) >= 11 is 5.80. The molecule has 1 fully saturated rings. The fraction of sp³-hybridized carbons (Fsp3) is 0.400. The van der Waals surface area contributed by atoms with Crippen LogP contribution in [0.25, 0.3) is 11.1 Å². The Kier molecular flexibility index (Phi) is 11.1. The van der Waals surface area contributed by atoms with Gasteiger partial charge in [-0.25, -0.2) is 18.1 Å². The summed E-state index contributed by atoms with van der Waals surface area (Å²) in [5.74, 6) is -0.998. The molecule has 41 heavy (non-hydrogen) atoms. The summed E-state index contributed by atoms with van der Waals surface area (Å²) in [6.45, 7) is 0.494. The largest absolute Gasteiger partial charge is 0.490 e. The predicted molar refractivity (Wildman–Crippen MR) is 158 cm³/mol. The number of sulfonamides is 1. The Morgan fingerprint density at radius 2 is 1.78 bits per heavy atom. The number of hydrogen-bond donors (Lipinski definition) is 4. The van der Waals surface area contributed by atoms with Crippen LogP contribution in [0.3, 0.4) is 0 Å². The van der Waals surface area contributed by atoms with E-state index in [1.54, 1.807) is 36.5 Å². The van der Waals surface area contributed by atoms with Gasteiger partial charge in [0.05, 0.1) is 30.1 Å². The number of hydrogen-bond acceptors (Lipinski definition) is 8. The Hall–Kier alpha value is -3.02. The summed E-state index contributed by atoms with van der Waals surface area (Å²) in [6, 6.07) is 16.6. The van der Waals surface area contributed by atoms with Gasteiger partial charge in [0, 0.05) is 18.3 Å². The fourth-order valence-electron chi connectivity index (χ4n) is 4.75. The quantitative estimate of drug-likeness (QED) is 0.170. The average molecular weight is 602 g/mol. The number of aromatic nitrogens is 1. The van der Waals surface area contributed by atoms with Crippen LogP contribution in [0, 0.1) is 0 Å². The highest BCUT2D eigenvalue weighted by Gasteiger charge is 2.23. The molecule has 0 bridgehead atoms. The van der Waals surface area contributed by atoms with Crippen LogP contribution in [0.1, 0.15) is 59.7 Å². The van der Waals surface area contributed by atoms with Crippen molar-refractivity contribution in [2.24, 2.45) is 0 Å². The lowest BCUT2D eigenvalue weighted by Gasteiger charge is -2.24. The lowest BCUT2D eigenvalue weighted by molar-refractivity contribution is 0.0969. The fourth-order valence-corrected chi connectivity index (χ4v) is 5.60. The van der Waals surface area contributed by atoms with Crippen LogP contribution in [-0.4, -0.2) is 61.1 Å². The molecule has 2 aromatic carbocycles. The van der Waals surface area contributed by atoms with Crippen molar-refractivity contribution < 1.29 is 28.2 Å². The minimum absolute atomic E-state index is 0.0380. The number of nitrogens with one attached hydrogen (secondary N) is 2. The van der Waals surface area contributed by atoms with E-state index in [1.807, 2.05) is 29.0 Å². The number of benzene rings is 2. The van der Waals surface area contributed by atoms with Gasteiger partial charge in [-0.1, -0.05) is 54.4 Å². The number of nitrogens with zero attached hydrogens (tertiary/aromatic N) is 1. The van der Waals surface area contributed by atoms with E-state index in [0.717, 1.165) is 55.2 Å². The van der Waals surface area contributed by atoms with Gasteiger partial charge < -0.3 is 20.3 Å². The van der Waals surface area contributed by atoms with Crippen LogP contribution in [0.4, 0.5) is 0 Å². The molecule has 1 heterocycles. The number of carbonyl (C=O) groups excluding carboxylic acids is 1. The van der Waals surface area contributed by atoms with E-state index >= 15 is 0 Å². The molecule has 0 saturated heterocycles. The van der Waals surface area contributed by atoms with Crippen molar-refractivity contribution in [2.45, 2.75) is 50.7 Å². The van der Waals surface area contributed by atoms with Gasteiger partial charge in [-0.15, -0.1) is 0 Å². The molecule has 0 unspecified atom stereocenters. The number of amides is 1. The summed E-state index contributed by atoms with van der Waals surface area (Å²) in [5.41, 5.74) is 3.73. The number of pyridine rings is 1. The minimum Gasteiger partial charge on any atom is -0.490 e. The third-order valence-electron chi connectivity index (χ3n) is 7.03. The maximum atomic E-state index is 12.9. The molecule has 4 rings (SSSR count). The Morgan fingerprint density at radius 3 is 2.46 bits per heavy atom. The Morgan fingerprint density at radius 1 is 1.05 bits per heavy atom. The monoisotopic (exact) mass is 601 g/mol. The zero-order valence-electron chi connectivity index (χ0n) is 22.8. The highest BCUT2D eigenvalue weighted by Crippen LogP contribution is 2.31. The van der Waals surface area contributed by atoms with Gasteiger partial charge in [0.15, 0.2) is 0 Å². The second-order valence-electron chi connectivity index (χ2n) is 10.1. The molecule has 11 heteroatoms. The molecule has 4 N–H and O–H groups in total. The van der Waals surface area contributed by atoms with Crippen LogP contribution < -0.4 is 14.8 Å². The molecule has 1 atom stereocenters. The highest BCUT2D eigenvalue weighted by molar-refractivity contribution is 7.90. The lowest BCUT2D eigenvalue weighted by Crippen LogP contribution is -2.34. The van der Waals surface area contributed by atoms with E-state index in [1.165, 1.54) is 0 Å². The van der Waals surface area contributed by atoms with Crippen molar-refractivity contribution >= 4 is 27.5 Å². The third-order valence-corrected chi connectivity index (χ3v) is 8.47. The summed E-state index contributed by atoms with van der Waals surface area (Å²) in [7, 11) is -3.96. The van der Waals surface area contributed by atoms with Crippen molar-refractivity contribution in [3.05, 3.63) is 82.6 Å². The first-order chi connectivity index (χ1) is 19.7. The summed E-state index contributed by atoms with van der Waals surface area (Å²) in [5, 5.41) is 23.0. The maximum absolute atomic E-state index is 12.9. The SMILES string of the molecule is O=C(NS(=O)(=O)CCO)c1ccc(-c2ccc(CCNC[C@@H](O)c3ccc(Cl)nc3)cc2)cc1OC1CCCCC1. The molecular weight excluding hydrogens is 566 g/mol. The first-order valence-electron chi connectivity index (χ1n) is 13.8. The number of ether oxygens (including phenoxy) is 1. The Balaban J connectivity index is 1.41. The predicted octanol–water partition coefficient (Wildman–Crippen LogP) is 4.03. The summed E-state index contributed by atoms with van der Waals surface area (Å²) < 4.78 is 32.4. The van der Waals surface area contributed by atoms with Crippen LogP contribution in [0.2, 0.25) is 5.15 Å². The van der Waals surface area contributed by atoms with Crippen molar-refractivity contribution in [2.75, 3.05) is 25.4 Å². The molecule has 1 aliphatic rings. The van der Waals surface area contributed by atoms with Gasteiger partial charge >= 0.3 is 0 Å². The molecule has 0 spiro atoms. The van der Waals surface area contributed by atoms with Crippen LogP contribution in [-0.2, 0) is 16.4 Å². The normalized spacial score (nSPS) is 14.9. The molecule has 0 aliphatic heterocycles. The second kappa shape index (κ2) is 14.7. The first-order valence-corrected chi connectivity index (χ1v) is 15.8. The first kappa shape index (κ1) is 30.9. The van der Waals surface area contributed by atoms with E-state index in [0.29, 0.717) is 29.6 Å². The zero-order valence-corrected chi connectivity index (χ0v) is 24.3. The second-order valence-corrected chi connectivity index (χ2v) is 12.4. The zero-order chi connectivity index (χ0) is 29.2. The standard InChI is InChI=1S/C30H36ClN3O6S/c31-29-13-11-24(19-33-29)27(36)20-32-15-14-21-6-8-22(9-7-21)23-10-12-26(30(37)34-41(38,39)17-16-35)28(18-23)40-25-4-2-1-3-5-25/h6-13,18-19,25,27,32,35-36H,1-5,14-17,20H2,(H,34,37)/t27-/m1/s1. The van der Waals surface area contributed by atoms with Crippen LogP contribution >= 0.6 is 11.6 Å². The highest BCUT2D eigenvalue weighted by atomic mass is 35.5.